The molecule has 18 heavy (non-hydrogen) atoms. The van der Waals surface area contributed by atoms with Crippen LogP contribution in [0.3, 0.4) is 0 Å². The zero-order chi connectivity index (χ0) is 13.0. The molecule has 1 saturated heterocycles. The van der Waals surface area contributed by atoms with E-state index in [1.54, 1.807) is 6.07 Å². The summed E-state index contributed by atoms with van der Waals surface area (Å²) in [5.74, 6) is -0.140. The predicted octanol–water partition coefficient (Wildman–Crippen LogP) is 2.16. The Morgan fingerprint density at radius 1 is 1.50 bits per heavy atom. The van der Waals surface area contributed by atoms with Gasteiger partial charge in [-0.2, -0.15) is 0 Å². The average molecular weight is 252 g/mol. The van der Waals surface area contributed by atoms with E-state index in [0.717, 1.165) is 24.3 Å². The third-order valence-corrected chi connectivity index (χ3v) is 3.29. The van der Waals surface area contributed by atoms with Crippen LogP contribution in [0.25, 0.3) is 0 Å². The Labute approximate surface area is 108 Å². The highest BCUT2D eigenvalue weighted by atomic mass is 19.1. The zero-order valence-electron chi connectivity index (χ0n) is 11.1. The van der Waals surface area contributed by atoms with Crippen LogP contribution in [0.15, 0.2) is 18.2 Å². The molecule has 1 aliphatic rings. The maximum absolute atomic E-state index is 14.1. The molecule has 1 aromatic rings. The van der Waals surface area contributed by atoms with Crippen LogP contribution < -0.4 is 10.2 Å². The minimum absolute atomic E-state index is 0.140. The Bertz CT molecular complexity index is 397. The average Bonchev–Trinajstić information content (AvgIpc) is 2.38. The van der Waals surface area contributed by atoms with Crippen molar-refractivity contribution in [3.63, 3.8) is 0 Å². The number of nitrogens with zero attached hydrogens (tertiary/aromatic N) is 1. The molecule has 0 amide bonds. The molecule has 4 heteroatoms. The largest absolute Gasteiger partial charge is 0.377 e. The molecule has 0 bridgehead atoms. The van der Waals surface area contributed by atoms with Gasteiger partial charge < -0.3 is 15.0 Å². The molecule has 1 atom stereocenters. The molecule has 1 heterocycles. The molecule has 0 saturated carbocycles. The molecule has 1 N–H and O–H groups in total. The molecule has 1 aromatic carbocycles. The van der Waals surface area contributed by atoms with Gasteiger partial charge in [0.2, 0.25) is 0 Å². The van der Waals surface area contributed by atoms with Crippen molar-refractivity contribution in [3.8, 4) is 0 Å². The van der Waals surface area contributed by atoms with Gasteiger partial charge in [-0.05, 0) is 25.1 Å². The number of halogens is 1. The van der Waals surface area contributed by atoms with E-state index < -0.39 is 0 Å². The van der Waals surface area contributed by atoms with Crippen LogP contribution in [0.5, 0.6) is 0 Å². The van der Waals surface area contributed by atoms with E-state index in [2.05, 4.69) is 24.1 Å². The first-order chi connectivity index (χ1) is 8.74. The van der Waals surface area contributed by atoms with Crippen LogP contribution in [-0.4, -0.2) is 32.3 Å². The van der Waals surface area contributed by atoms with Gasteiger partial charge in [0.1, 0.15) is 5.82 Å². The predicted molar refractivity (Wildman–Crippen MR) is 71.4 cm³/mol. The lowest BCUT2D eigenvalue weighted by Crippen LogP contribution is -2.44. The fraction of sp³-hybridized carbons (Fsp3) is 0.571. The minimum Gasteiger partial charge on any atom is -0.377 e. The number of hydrogen-bond acceptors (Lipinski definition) is 3. The quantitative estimate of drug-likeness (QED) is 0.888. The van der Waals surface area contributed by atoms with Gasteiger partial charge in [0.15, 0.2) is 0 Å². The highest BCUT2D eigenvalue weighted by molar-refractivity contribution is 5.56. The normalized spacial score (nSPS) is 20.2. The lowest BCUT2D eigenvalue weighted by Gasteiger charge is -2.36. The monoisotopic (exact) mass is 252 g/mol. The van der Waals surface area contributed by atoms with E-state index in [-0.39, 0.29) is 11.9 Å². The summed E-state index contributed by atoms with van der Waals surface area (Å²) in [5, 5.41) is 3.26. The van der Waals surface area contributed by atoms with Crippen LogP contribution in [0.2, 0.25) is 0 Å². The molecular weight excluding hydrogens is 231 g/mol. The molecule has 1 fully saturated rings. The number of ether oxygens (including phenoxy) is 1. The van der Waals surface area contributed by atoms with Crippen LogP contribution >= 0.6 is 0 Å². The van der Waals surface area contributed by atoms with E-state index in [4.69, 9.17) is 4.74 Å². The number of rotatable bonds is 4. The van der Waals surface area contributed by atoms with Crippen molar-refractivity contribution in [2.24, 2.45) is 0 Å². The zero-order valence-corrected chi connectivity index (χ0v) is 11.1. The van der Waals surface area contributed by atoms with Gasteiger partial charge in [0, 0.05) is 19.1 Å². The van der Waals surface area contributed by atoms with Gasteiger partial charge in [-0.3, -0.25) is 0 Å². The number of benzene rings is 1. The molecule has 3 nitrogen and oxygen atoms in total. The summed E-state index contributed by atoms with van der Waals surface area (Å²) in [5.41, 5.74) is 1.75. The number of nitrogens with one attached hydrogen (secondary N) is 1. The molecule has 100 valence electrons. The van der Waals surface area contributed by atoms with Gasteiger partial charge in [-0.25, -0.2) is 4.39 Å². The van der Waals surface area contributed by atoms with Crippen LogP contribution in [0.4, 0.5) is 10.1 Å². The third-order valence-electron chi connectivity index (χ3n) is 3.29. The lowest BCUT2D eigenvalue weighted by atomic mass is 10.1. The number of morpholine rings is 1. The Kier molecular flexibility index (Phi) is 4.55. The standard InChI is InChI=1S/C14H21FN2O/c1-3-16-9-12-5-4-6-13(15)14(12)17-7-8-18-10-11(17)2/h4-6,11,16H,3,7-10H2,1-2H3. The summed E-state index contributed by atoms with van der Waals surface area (Å²) in [6.45, 7) is 7.79. The van der Waals surface area contributed by atoms with Gasteiger partial charge >= 0.3 is 0 Å². The van der Waals surface area contributed by atoms with E-state index >= 15 is 0 Å². The summed E-state index contributed by atoms with van der Waals surface area (Å²) >= 11 is 0. The summed E-state index contributed by atoms with van der Waals surface area (Å²) in [7, 11) is 0. The number of anilines is 1. The number of hydrogen-bond donors (Lipinski definition) is 1. The first kappa shape index (κ1) is 13.3. The van der Waals surface area contributed by atoms with Crippen molar-refractivity contribution in [3.05, 3.63) is 29.6 Å². The fourth-order valence-electron chi connectivity index (χ4n) is 2.34. The highest BCUT2D eigenvalue weighted by Crippen LogP contribution is 2.27. The van der Waals surface area contributed by atoms with Gasteiger partial charge in [-0.1, -0.05) is 19.1 Å². The Hall–Kier alpha value is -1.13. The van der Waals surface area contributed by atoms with Gasteiger partial charge in [0.25, 0.3) is 0 Å². The SMILES string of the molecule is CCNCc1cccc(F)c1N1CCOCC1C. The molecule has 1 aliphatic heterocycles. The van der Waals surface area contributed by atoms with Crippen LogP contribution in [-0.2, 0) is 11.3 Å². The summed E-state index contributed by atoms with van der Waals surface area (Å²) in [4.78, 5) is 2.12. The molecule has 1 unspecified atom stereocenters. The van der Waals surface area contributed by atoms with Crippen molar-refractivity contribution in [1.29, 1.82) is 0 Å². The Morgan fingerprint density at radius 3 is 3.06 bits per heavy atom. The third kappa shape index (κ3) is 2.82. The van der Waals surface area contributed by atoms with E-state index in [0.29, 0.717) is 19.8 Å². The van der Waals surface area contributed by atoms with Gasteiger partial charge in [0.05, 0.1) is 18.9 Å². The van der Waals surface area contributed by atoms with Crippen molar-refractivity contribution in [2.45, 2.75) is 26.4 Å². The van der Waals surface area contributed by atoms with Gasteiger partial charge in [-0.15, -0.1) is 0 Å². The van der Waals surface area contributed by atoms with E-state index in [9.17, 15) is 4.39 Å². The molecule has 0 spiro atoms. The maximum Gasteiger partial charge on any atom is 0.146 e. The second-order valence-corrected chi connectivity index (χ2v) is 4.65. The maximum atomic E-state index is 14.1. The lowest BCUT2D eigenvalue weighted by molar-refractivity contribution is 0.0985. The number of para-hydroxylation sites is 1. The molecule has 0 aromatic heterocycles. The van der Waals surface area contributed by atoms with Crippen LogP contribution in [0.1, 0.15) is 19.4 Å². The minimum atomic E-state index is -0.140. The summed E-state index contributed by atoms with van der Waals surface area (Å²) in [6.07, 6.45) is 0. The highest BCUT2D eigenvalue weighted by Gasteiger charge is 2.23. The van der Waals surface area contributed by atoms with Crippen molar-refractivity contribution in [1.82, 2.24) is 5.32 Å². The first-order valence-electron chi connectivity index (χ1n) is 6.56. The molecular formula is C14H21FN2O. The molecule has 2 rings (SSSR count). The van der Waals surface area contributed by atoms with E-state index in [1.165, 1.54) is 6.07 Å². The topological polar surface area (TPSA) is 24.5 Å². The fourth-order valence-corrected chi connectivity index (χ4v) is 2.34. The van der Waals surface area contributed by atoms with Crippen LogP contribution in [0, 0.1) is 5.82 Å². The first-order valence-corrected chi connectivity index (χ1v) is 6.56. The molecule has 0 radical (unpaired) electrons. The van der Waals surface area contributed by atoms with Crippen molar-refractivity contribution < 1.29 is 9.13 Å². The van der Waals surface area contributed by atoms with Crippen molar-refractivity contribution >= 4 is 5.69 Å². The Balaban J connectivity index is 2.28. The Morgan fingerprint density at radius 2 is 2.33 bits per heavy atom. The smallest absolute Gasteiger partial charge is 0.146 e. The second kappa shape index (κ2) is 6.16. The molecule has 0 aliphatic carbocycles. The van der Waals surface area contributed by atoms with E-state index in [1.807, 2.05) is 6.07 Å². The second-order valence-electron chi connectivity index (χ2n) is 4.65. The van der Waals surface area contributed by atoms with Crippen molar-refractivity contribution in [2.75, 3.05) is 31.2 Å². The summed E-state index contributed by atoms with van der Waals surface area (Å²) < 4.78 is 19.5. The summed E-state index contributed by atoms with van der Waals surface area (Å²) in [6, 6.07) is 5.52.